The van der Waals surface area contributed by atoms with Crippen molar-refractivity contribution in [3.63, 3.8) is 0 Å². The Balaban J connectivity index is 1.97. The smallest absolute Gasteiger partial charge is 0.135 e. The van der Waals surface area contributed by atoms with Gasteiger partial charge in [0.25, 0.3) is 0 Å². The Labute approximate surface area is 207 Å². The molecule has 0 saturated carbocycles. The number of hydrazone groups is 2. The van der Waals surface area contributed by atoms with E-state index in [1.807, 2.05) is 0 Å². The molecule has 2 aliphatic heterocycles. The molecule has 2 heterocycles. The van der Waals surface area contributed by atoms with Crippen molar-refractivity contribution < 1.29 is 0 Å². The fourth-order valence-electron chi connectivity index (χ4n) is 2.90. The Morgan fingerprint density at radius 3 is 1.41 bits per heavy atom. The molecule has 0 aromatic heterocycles. The first kappa shape index (κ1) is 27.2. The molecule has 0 bridgehead atoms. The third kappa shape index (κ3) is 8.37. The lowest BCUT2D eigenvalue weighted by Crippen LogP contribution is -2.49. The lowest BCUT2D eigenvalue weighted by molar-refractivity contribution is 0.115. The molecule has 0 spiro atoms. The van der Waals surface area contributed by atoms with Crippen molar-refractivity contribution in [1.29, 1.82) is 0 Å². The summed E-state index contributed by atoms with van der Waals surface area (Å²) in [5, 5.41) is 14.5. The zero-order valence-electron chi connectivity index (χ0n) is 19.7. The van der Waals surface area contributed by atoms with Gasteiger partial charge in [0.2, 0.25) is 0 Å². The predicted molar refractivity (Wildman–Crippen MR) is 145 cm³/mol. The maximum Gasteiger partial charge on any atom is 0.135 e. The summed E-state index contributed by atoms with van der Waals surface area (Å²) in [4.78, 5) is 4.54. The molecule has 182 valence electrons. The summed E-state index contributed by atoms with van der Waals surface area (Å²) in [5.41, 5.74) is 13.0. The van der Waals surface area contributed by atoms with Gasteiger partial charge in [-0.15, -0.1) is 20.7 Å². The predicted octanol–water partition coefficient (Wildman–Crippen LogP) is 3.35. The first-order valence-corrected chi connectivity index (χ1v) is 15.8. The van der Waals surface area contributed by atoms with Crippen molar-refractivity contribution in [3.05, 3.63) is 23.8 Å². The van der Waals surface area contributed by atoms with Gasteiger partial charge in [-0.3, -0.25) is 10.9 Å². The fraction of sp³-hybridized carbons (Fsp3) is 0.667. The van der Waals surface area contributed by atoms with Gasteiger partial charge < -0.3 is 9.80 Å². The van der Waals surface area contributed by atoms with Crippen LogP contribution in [0, 0.1) is 0 Å². The van der Waals surface area contributed by atoms with E-state index < -0.39 is 0 Å². The molecule has 0 aliphatic carbocycles. The highest BCUT2D eigenvalue weighted by molar-refractivity contribution is 9.29. The molecule has 4 N–H and O–H groups in total. The second-order valence-corrected chi connectivity index (χ2v) is 12.2. The number of nitrogens with one attached hydrogen (secondary N) is 4. The maximum absolute atomic E-state index is 4.62. The molecule has 0 amide bonds. The third-order valence-corrected chi connectivity index (χ3v) is 10.2. The lowest BCUT2D eigenvalue weighted by Gasteiger charge is -2.32. The van der Waals surface area contributed by atoms with Crippen LogP contribution in [-0.2, 0) is 0 Å². The maximum atomic E-state index is 4.62. The largest absolute Gasteiger partial charge is 0.357 e. The van der Waals surface area contributed by atoms with E-state index in [-0.39, 0.29) is 0 Å². The Hall–Kier alpha value is -1.06. The van der Waals surface area contributed by atoms with E-state index in [1.165, 1.54) is 0 Å². The zero-order chi connectivity index (χ0) is 23.3. The number of rotatable bonds is 13. The average molecular weight is 521 g/mol. The highest BCUT2D eigenvalue weighted by Crippen LogP contribution is 2.45. The SMILES string of the molecule is CCNN1N=C(SSSSC2=NN(NCC)NC(N(CC)CC)=C2)C=C(N(CC)CC)N1. The summed E-state index contributed by atoms with van der Waals surface area (Å²) in [6.07, 6.45) is 4.19. The van der Waals surface area contributed by atoms with Crippen molar-refractivity contribution in [2.45, 2.75) is 41.5 Å². The van der Waals surface area contributed by atoms with E-state index in [0.717, 1.165) is 61.0 Å². The highest BCUT2D eigenvalue weighted by Gasteiger charge is 2.19. The van der Waals surface area contributed by atoms with Gasteiger partial charge >= 0.3 is 0 Å². The molecule has 0 saturated heterocycles. The number of hydrogen-bond donors (Lipinski definition) is 4. The van der Waals surface area contributed by atoms with Crippen LogP contribution in [0.4, 0.5) is 0 Å². The van der Waals surface area contributed by atoms with Crippen LogP contribution in [0.5, 0.6) is 0 Å². The van der Waals surface area contributed by atoms with E-state index >= 15 is 0 Å². The Kier molecular flexibility index (Phi) is 12.7. The first-order chi connectivity index (χ1) is 15.6. The third-order valence-electron chi connectivity index (χ3n) is 4.45. The van der Waals surface area contributed by atoms with Gasteiger partial charge in [-0.1, -0.05) is 13.8 Å². The van der Waals surface area contributed by atoms with Crippen molar-refractivity contribution in [3.8, 4) is 0 Å². The van der Waals surface area contributed by atoms with E-state index in [0.29, 0.717) is 0 Å². The first-order valence-electron chi connectivity index (χ1n) is 11.0. The average Bonchev–Trinajstić information content (AvgIpc) is 2.79. The van der Waals surface area contributed by atoms with Crippen LogP contribution in [0.15, 0.2) is 34.0 Å². The van der Waals surface area contributed by atoms with Crippen LogP contribution in [-0.4, -0.2) is 69.6 Å². The quantitative estimate of drug-likeness (QED) is 0.212. The second kappa shape index (κ2) is 15.0. The standard InChI is InChI=1S/C18H36N10S4/c1-7-19-27-21-15(25(9-3)10-4)13-17(23-27)29-31-32-30-18-14-16(26(11-5)12-6)22-28(24-18)20-8-2/h13-14,19-22H,7-12H2,1-6H3. The minimum atomic E-state index is 0.787. The molecule has 10 nitrogen and oxygen atoms in total. The molecule has 0 radical (unpaired) electrons. The molecule has 32 heavy (non-hydrogen) atoms. The number of hydrazine groups is 4. The lowest BCUT2D eigenvalue weighted by atomic mass is 10.4. The van der Waals surface area contributed by atoms with Crippen LogP contribution in [0.1, 0.15) is 41.5 Å². The second-order valence-electron chi connectivity index (χ2n) is 6.45. The minimum Gasteiger partial charge on any atom is -0.357 e. The minimum absolute atomic E-state index is 0.787. The molecular formula is C18H36N10S4. The topological polar surface area (TPSA) is 85.8 Å². The summed E-state index contributed by atoms with van der Waals surface area (Å²) < 4.78 is 0. The Morgan fingerprint density at radius 2 is 1.09 bits per heavy atom. The Bertz CT molecular complexity index is 633. The van der Waals surface area contributed by atoms with Crippen LogP contribution in [0.3, 0.4) is 0 Å². The summed E-state index contributed by atoms with van der Waals surface area (Å²) in [5.74, 6) is 2.09. The summed E-state index contributed by atoms with van der Waals surface area (Å²) in [6.45, 7) is 18.0. The molecule has 0 aromatic carbocycles. The molecule has 0 aromatic rings. The van der Waals surface area contributed by atoms with Crippen LogP contribution >= 0.6 is 41.2 Å². The van der Waals surface area contributed by atoms with Gasteiger partial charge in [-0.05, 0) is 68.9 Å². The monoisotopic (exact) mass is 520 g/mol. The van der Waals surface area contributed by atoms with Crippen molar-refractivity contribution in [2.75, 3.05) is 39.3 Å². The van der Waals surface area contributed by atoms with Gasteiger partial charge in [0, 0.05) is 51.4 Å². The van der Waals surface area contributed by atoms with Gasteiger partial charge in [-0.2, -0.15) is 10.9 Å². The van der Waals surface area contributed by atoms with E-state index in [4.69, 9.17) is 0 Å². The molecule has 0 fully saturated rings. The molecule has 0 unspecified atom stereocenters. The molecule has 2 rings (SSSR count). The summed E-state index contributed by atoms with van der Waals surface area (Å²) in [7, 11) is 6.63. The van der Waals surface area contributed by atoms with E-state index in [2.05, 4.69) is 95.4 Å². The normalized spacial score (nSPS) is 15.9. The molecule has 14 heteroatoms. The molecular weight excluding hydrogens is 485 g/mol. The highest BCUT2D eigenvalue weighted by atomic mass is 33.7. The number of nitrogens with zero attached hydrogens (tertiary/aromatic N) is 6. The van der Waals surface area contributed by atoms with Crippen molar-refractivity contribution in [1.82, 2.24) is 42.0 Å². The fourth-order valence-corrected chi connectivity index (χ4v) is 7.97. The van der Waals surface area contributed by atoms with Gasteiger partial charge in [-0.25, -0.2) is 0 Å². The Morgan fingerprint density at radius 1 is 0.719 bits per heavy atom. The van der Waals surface area contributed by atoms with Crippen LogP contribution in [0.2, 0.25) is 0 Å². The van der Waals surface area contributed by atoms with Gasteiger partial charge in [0.05, 0.1) is 0 Å². The molecule has 2 aliphatic rings. The van der Waals surface area contributed by atoms with Crippen LogP contribution in [0.25, 0.3) is 0 Å². The van der Waals surface area contributed by atoms with E-state index in [1.54, 1.807) is 51.7 Å². The summed E-state index contributed by atoms with van der Waals surface area (Å²) in [6, 6.07) is 0. The van der Waals surface area contributed by atoms with E-state index in [9.17, 15) is 0 Å². The van der Waals surface area contributed by atoms with Crippen LogP contribution < -0.4 is 21.7 Å². The van der Waals surface area contributed by atoms with Gasteiger partial charge in [0.15, 0.2) is 0 Å². The van der Waals surface area contributed by atoms with Crippen molar-refractivity contribution >= 4 is 51.3 Å². The zero-order valence-corrected chi connectivity index (χ0v) is 23.0. The summed E-state index contributed by atoms with van der Waals surface area (Å²) >= 11 is 0. The van der Waals surface area contributed by atoms with Crippen molar-refractivity contribution in [2.24, 2.45) is 10.2 Å². The number of hydrogen-bond acceptors (Lipinski definition) is 14. The van der Waals surface area contributed by atoms with Gasteiger partial charge in [0.1, 0.15) is 21.7 Å². The molecule has 0 atom stereocenters.